The Morgan fingerprint density at radius 2 is 1.68 bits per heavy atom. The molecule has 1 aromatic carbocycles. The molecule has 0 spiro atoms. The highest BCUT2D eigenvalue weighted by atomic mass is 35.5. The lowest BCUT2D eigenvalue weighted by atomic mass is 10.1. The molecule has 4 rings (SSSR count). The van der Waals surface area contributed by atoms with Gasteiger partial charge in [-0.15, -0.1) is 0 Å². The third kappa shape index (κ3) is 3.70. The van der Waals surface area contributed by atoms with E-state index in [0.29, 0.717) is 16.1 Å². The fourth-order valence-electron chi connectivity index (χ4n) is 2.38. The van der Waals surface area contributed by atoms with Crippen molar-refractivity contribution in [2.24, 2.45) is 0 Å². The van der Waals surface area contributed by atoms with E-state index in [1.165, 1.54) is 6.20 Å². The summed E-state index contributed by atoms with van der Waals surface area (Å²) in [6.07, 6.45) is -1.62. The van der Waals surface area contributed by atoms with Gasteiger partial charge in [-0.1, -0.05) is 28.9 Å². The van der Waals surface area contributed by atoms with Crippen molar-refractivity contribution in [2.75, 3.05) is 0 Å². The molecule has 0 radical (unpaired) electrons. The van der Waals surface area contributed by atoms with Gasteiger partial charge in [0.05, 0.1) is 11.3 Å². The van der Waals surface area contributed by atoms with Crippen LogP contribution in [0.15, 0.2) is 59.4 Å². The molecule has 0 saturated carbocycles. The molecule has 0 fully saturated rings. The molecule has 0 atom stereocenters. The van der Waals surface area contributed by atoms with Crippen LogP contribution in [0.4, 0.5) is 13.2 Å². The average Bonchev–Trinajstić information content (AvgIpc) is 3.18. The van der Waals surface area contributed by atoms with E-state index in [2.05, 4.69) is 25.1 Å². The van der Waals surface area contributed by atoms with Gasteiger partial charge in [-0.25, -0.2) is 9.97 Å². The third-order valence-electron chi connectivity index (χ3n) is 3.69. The van der Waals surface area contributed by atoms with Gasteiger partial charge in [0.25, 0.3) is 5.89 Å². The van der Waals surface area contributed by atoms with E-state index in [1.807, 2.05) is 0 Å². The summed E-state index contributed by atoms with van der Waals surface area (Å²) in [5, 5.41) is 4.16. The lowest BCUT2D eigenvalue weighted by molar-refractivity contribution is -0.141. The zero-order chi connectivity index (χ0) is 19.7. The molecule has 0 aliphatic carbocycles. The summed E-state index contributed by atoms with van der Waals surface area (Å²) < 4.78 is 45.1. The minimum absolute atomic E-state index is 0.0571. The number of benzene rings is 1. The maximum atomic E-state index is 13.3. The second kappa shape index (κ2) is 7.01. The fraction of sp³-hybridized carbons (Fsp3) is 0.0556. The quantitative estimate of drug-likeness (QED) is 0.482. The molecular formula is C18H9ClF3N5O. The summed E-state index contributed by atoms with van der Waals surface area (Å²) in [7, 11) is 0. The van der Waals surface area contributed by atoms with Gasteiger partial charge in [0.2, 0.25) is 11.6 Å². The molecule has 0 saturated heterocycles. The van der Waals surface area contributed by atoms with E-state index in [9.17, 15) is 13.2 Å². The van der Waals surface area contributed by atoms with Crippen LogP contribution in [-0.2, 0) is 6.18 Å². The van der Waals surface area contributed by atoms with Gasteiger partial charge in [0.1, 0.15) is 5.69 Å². The molecule has 3 heterocycles. The Morgan fingerprint density at radius 3 is 2.36 bits per heavy atom. The van der Waals surface area contributed by atoms with Crippen molar-refractivity contribution < 1.29 is 17.7 Å². The normalized spacial score (nSPS) is 11.6. The lowest BCUT2D eigenvalue weighted by Gasteiger charge is -2.09. The highest BCUT2D eigenvalue weighted by molar-refractivity contribution is 6.30. The van der Waals surface area contributed by atoms with Gasteiger partial charge in [-0.2, -0.15) is 18.2 Å². The van der Waals surface area contributed by atoms with Crippen LogP contribution < -0.4 is 0 Å². The highest BCUT2D eigenvalue weighted by Crippen LogP contribution is 2.32. The number of halogens is 4. The fourth-order valence-corrected chi connectivity index (χ4v) is 2.51. The van der Waals surface area contributed by atoms with E-state index in [-0.39, 0.29) is 23.2 Å². The molecule has 0 amide bonds. The van der Waals surface area contributed by atoms with Crippen LogP contribution >= 0.6 is 11.6 Å². The molecular weight excluding hydrogens is 395 g/mol. The number of hydrogen-bond donors (Lipinski definition) is 0. The SMILES string of the molecule is FC(F)(F)c1cc(-c2ccc(Cl)cc2)nc(-c2noc(-c3cccnc3)n2)n1. The first kappa shape index (κ1) is 18.1. The first-order valence-corrected chi connectivity index (χ1v) is 8.24. The van der Waals surface area contributed by atoms with Gasteiger partial charge >= 0.3 is 6.18 Å². The van der Waals surface area contributed by atoms with E-state index >= 15 is 0 Å². The van der Waals surface area contributed by atoms with E-state index in [4.69, 9.17) is 16.1 Å². The Balaban J connectivity index is 1.81. The Kier molecular flexibility index (Phi) is 4.52. The van der Waals surface area contributed by atoms with Crippen molar-refractivity contribution in [3.05, 3.63) is 65.6 Å². The van der Waals surface area contributed by atoms with E-state index in [1.54, 1.807) is 42.6 Å². The number of rotatable bonds is 3. The number of alkyl halides is 3. The second-order valence-corrected chi connectivity index (χ2v) is 6.07. The minimum Gasteiger partial charge on any atom is -0.333 e. The molecule has 140 valence electrons. The van der Waals surface area contributed by atoms with E-state index in [0.717, 1.165) is 6.07 Å². The highest BCUT2D eigenvalue weighted by Gasteiger charge is 2.34. The van der Waals surface area contributed by atoms with E-state index < -0.39 is 11.9 Å². The van der Waals surface area contributed by atoms with Gasteiger partial charge in [-0.3, -0.25) is 4.98 Å². The number of hydrogen-bond acceptors (Lipinski definition) is 6. The molecule has 28 heavy (non-hydrogen) atoms. The van der Waals surface area contributed by atoms with Gasteiger partial charge in [0.15, 0.2) is 0 Å². The van der Waals surface area contributed by atoms with Crippen molar-refractivity contribution >= 4 is 11.6 Å². The first-order valence-electron chi connectivity index (χ1n) is 7.87. The molecule has 0 aliphatic rings. The third-order valence-corrected chi connectivity index (χ3v) is 3.94. The molecule has 10 heteroatoms. The average molecular weight is 404 g/mol. The molecule has 6 nitrogen and oxygen atoms in total. The summed E-state index contributed by atoms with van der Waals surface area (Å²) >= 11 is 5.84. The summed E-state index contributed by atoms with van der Waals surface area (Å²) in [5.41, 5.74) is -0.0995. The number of pyridine rings is 1. The van der Waals surface area contributed by atoms with Crippen LogP contribution in [0, 0.1) is 0 Å². The minimum atomic E-state index is -4.67. The van der Waals surface area contributed by atoms with Crippen LogP contribution in [-0.4, -0.2) is 25.1 Å². The topological polar surface area (TPSA) is 77.6 Å². The van der Waals surface area contributed by atoms with Crippen LogP contribution in [0.2, 0.25) is 5.02 Å². The Bertz CT molecular complexity index is 1110. The number of nitrogens with zero attached hydrogens (tertiary/aromatic N) is 5. The predicted octanol–water partition coefficient (Wildman–Crippen LogP) is 4.93. The molecule has 0 aliphatic heterocycles. The van der Waals surface area contributed by atoms with Crippen molar-refractivity contribution in [2.45, 2.75) is 6.18 Å². The van der Waals surface area contributed by atoms with Crippen molar-refractivity contribution in [3.8, 4) is 34.4 Å². The maximum Gasteiger partial charge on any atom is 0.433 e. The van der Waals surface area contributed by atoms with Crippen LogP contribution in [0.1, 0.15) is 5.69 Å². The first-order chi connectivity index (χ1) is 13.4. The standard InChI is InChI=1S/C18H9ClF3N5O/c19-12-5-3-10(4-6-12)13-8-14(18(20,21)22)25-15(24-13)16-26-17(28-27-16)11-2-1-7-23-9-11/h1-9H. The monoisotopic (exact) mass is 403 g/mol. The van der Waals surface area contributed by atoms with Crippen LogP contribution in [0.25, 0.3) is 34.4 Å². The summed E-state index contributed by atoms with van der Waals surface area (Å²) in [6.45, 7) is 0. The molecule has 0 N–H and O–H groups in total. The van der Waals surface area contributed by atoms with Crippen molar-refractivity contribution in [3.63, 3.8) is 0 Å². The lowest BCUT2D eigenvalue weighted by Crippen LogP contribution is -2.10. The maximum absolute atomic E-state index is 13.3. The van der Waals surface area contributed by atoms with Crippen LogP contribution in [0.5, 0.6) is 0 Å². The largest absolute Gasteiger partial charge is 0.433 e. The second-order valence-electron chi connectivity index (χ2n) is 5.63. The van der Waals surface area contributed by atoms with Crippen molar-refractivity contribution in [1.29, 1.82) is 0 Å². The number of aromatic nitrogens is 5. The molecule has 3 aromatic heterocycles. The zero-order valence-electron chi connectivity index (χ0n) is 13.9. The summed E-state index contributed by atoms with van der Waals surface area (Å²) in [6, 6.07) is 10.4. The molecule has 0 bridgehead atoms. The molecule has 4 aromatic rings. The smallest absolute Gasteiger partial charge is 0.333 e. The Morgan fingerprint density at radius 1 is 0.893 bits per heavy atom. The van der Waals surface area contributed by atoms with Gasteiger partial charge < -0.3 is 4.52 Å². The van der Waals surface area contributed by atoms with Gasteiger partial charge in [-0.05, 0) is 30.3 Å². The predicted molar refractivity (Wildman–Crippen MR) is 94.0 cm³/mol. The van der Waals surface area contributed by atoms with Gasteiger partial charge in [0, 0.05) is 23.0 Å². The summed E-state index contributed by atoms with van der Waals surface area (Å²) in [4.78, 5) is 15.8. The Hall–Kier alpha value is -3.33. The molecule has 0 unspecified atom stereocenters. The Labute approximate surface area is 161 Å². The summed E-state index contributed by atoms with van der Waals surface area (Å²) in [5.74, 6) is -0.379. The van der Waals surface area contributed by atoms with Crippen molar-refractivity contribution in [1.82, 2.24) is 25.1 Å². The zero-order valence-corrected chi connectivity index (χ0v) is 14.6. The van der Waals surface area contributed by atoms with Crippen LogP contribution in [0.3, 0.4) is 0 Å².